The van der Waals surface area contributed by atoms with Crippen molar-refractivity contribution >= 4 is 17.5 Å². The van der Waals surface area contributed by atoms with Gasteiger partial charge in [-0.2, -0.15) is 0 Å². The molecule has 6 nitrogen and oxygen atoms in total. The fourth-order valence-electron chi connectivity index (χ4n) is 2.82. The zero-order chi connectivity index (χ0) is 20.5. The fraction of sp³-hybridized carbons (Fsp3) is 0.364. The summed E-state index contributed by atoms with van der Waals surface area (Å²) >= 11 is 0. The summed E-state index contributed by atoms with van der Waals surface area (Å²) in [5.74, 6) is 1.31. The van der Waals surface area contributed by atoms with Gasteiger partial charge in [-0.05, 0) is 41.8 Å². The summed E-state index contributed by atoms with van der Waals surface area (Å²) in [5.41, 5.74) is 1.81. The standard InChI is InChI=1S/C22H28N2O4/c1-16(2)20-7-5-6-8-21(20)24(17(3)25)15-22(26)23-13-14-28-19-11-9-18(27-4)10-12-19/h5-12,16H,13-15H2,1-4H3,(H,23,26). The van der Waals surface area contributed by atoms with Gasteiger partial charge in [0.1, 0.15) is 24.7 Å². The number of rotatable bonds is 9. The summed E-state index contributed by atoms with van der Waals surface area (Å²) in [6.45, 7) is 6.25. The summed E-state index contributed by atoms with van der Waals surface area (Å²) in [6.07, 6.45) is 0. The predicted octanol–water partition coefficient (Wildman–Crippen LogP) is 3.37. The molecule has 0 aromatic heterocycles. The van der Waals surface area contributed by atoms with Crippen LogP contribution in [0, 0.1) is 0 Å². The summed E-state index contributed by atoms with van der Waals surface area (Å²) < 4.78 is 10.7. The molecule has 1 N–H and O–H groups in total. The zero-order valence-corrected chi connectivity index (χ0v) is 16.9. The molecule has 0 spiro atoms. The number of para-hydroxylation sites is 1. The lowest BCUT2D eigenvalue weighted by Crippen LogP contribution is -2.41. The summed E-state index contributed by atoms with van der Waals surface area (Å²) in [7, 11) is 1.61. The van der Waals surface area contributed by atoms with Gasteiger partial charge in [-0.15, -0.1) is 0 Å². The molecule has 0 radical (unpaired) electrons. The van der Waals surface area contributed by atoms with Gasteiger partial charge in [0.15, 0.2) is 0 Å². The summed E-state index contributed by atoms with van der Waals surface area (Å²) in [6, 6.07) is 14.9. The van der Waals surface area contributed by atoms with E-state index in [9.17, 15) is 9.59 Å². The first-order valence-electron chi connectivity index (χ1n) is 9.33. The lowest BCUT2D eigenvalue weighted by Gasteiger charge is -2.25. The Labute approximate surface area is 166 Å². The molecule has 2 aromatic carbocycles. The van der Waals surface area contributed by atoms with Gasteiger partial charge in [0.25, 0.3) is 0 Å². The van der Waals surface area contributed by atoms with E-state index in [0.29, 0.717) is 18.9 Å². The van der Waals surface area contributed by atoms with E-state index in [4.69, 9.17) is 9.47 Å². The number of nitrogens with zero attached hydrogens (tertiary/aromatic N) is 1. The molecule has 0 bridgehead atoms. The molecule has 0 atom stereocenters. The molecule has 0 aliphatic heterocycles. The lowest BCUT2D eigenvalue weighted by molar-refractivity contribution is -0.123. The van der Waals surface area contributed by atoms with E-state index in [2.05, 4.69) is 19.2 Å². The van der Waals surface area contributed by atoms with Crippen molar-refractivity contribution in [3.8, 4) is 11.5 Å². The minimum atomic E-state index is -0.230. The van der Waals surface area contributed by atoms with Crippen molar-refractivity contribution in [2.45, 2.75) is 26.7 Å². The lowest BCUT2D eigenvalue weighted by atomic mass is 10.0. The highest BCUT2D eigenvalue weighted by atomic mass is 16.5. The molecule has 0 saturated carbocycles. The van der Waals surface area contributed by atoms with Crippen LogP contribution in [0.5, 0.6) is 11.5 Å². The minimum absolute atomic E-state index is 0.0262. The first-order chi connectivity index (χ1) is 13.4. The Morgan fingerprint density at radius 2 is 1.68 bits per heavy atom. The van der Waals surface area contributed by atoms with E-state index in [-0.39, 0.29) is 24.3 Å². The van der Waals surface area contributed by atoms with Crippen molar-refractivity contribution in [2.24, 2.45) is 0 Å². The van der Waals surface area contributed by atoms with Gasteiger partial charge in [-0.1, -0.05) is 32.0 Å². The van der Waals surface area contributed by atoms with Crippen LogP contribution < -0.4 is 19.7 Å². The topological polar surface area (TPSA) is 67.9 Å². The molecule has 2 amide bonds. The Morgan fingerprint density at radius 1 is 1.04 bits per heavy atom. The number of ether oxygens (including phenoxy) is 2. The second kappa shape index (κ2) is 10.3. The summed E-state index contributed by atoms with van der Waals surface area (Å²) in [5, 5.41) is 2.80. The minimum Gasteiger partial charge on any atom is -0.497 e. The molecule has 0 unspecified atom stereocenters. The van der Waals surface area contributed by atoms with E-state index in [1.165, 1.54) is 11.8 Å². The Hall–Kier alpha value is -3.02. The maximum Gasteiger partial charge on any atom is 0.240 e. The highest BCUT2D eigenvalue weighted by molar-refractivity contribution is 5.98. The van der Waals surface area contributed by atoms with Gasteiger partial charge in [0.2, 0.25) is 11.8 Å². The van der Waals surface area contributed by atoms with E-state index in [1.807, 2.05) is 36.4 Å². The van der Waals surface area contributed by atoms with Crippen LogP contribution in [0.25, 0.3) is 0 Å². The normalized spacial score (nSPS) is 10.5. The largest absolute Gasteiger partial charge is 0.497 e. The quantitative estimate of drug-likeness (QED) is 0.673. The van der Waals surface area contributed by atoms with Gasteiger partial charge in [-0.25, -0.2) is 0 Å². The highest BCUT2D eigenvalue weighted by Crippen LogP contribution is 2.27. The molecule has 6 heteroatoms. The van der Waals surface area contributed by atoms with E-state index < -0.39 is 0 Å². The molecule has 0 saturated heterocycles. The monoisotopic (exact) mass is 384 g/mol. The van der Waals surface area contributed by atoms with E-state index >= 15 is 0 Å². The number of amides is 2. The zero-order valence-electron chi connectivity index (χ0n) is 16.9. The van der Waals surface area contributed by atoms with Crippen molar-refractivity contribution in [1.82, 2.24) is 5.32 Å². The van der Waals surface area contributed by atoms with Gasteiger partial charge in [-0.3, -0.25) is 9.59 Å². The average Bonchev–Trinajstić information content (AvgIpc) is 2.69. The van der Waals surface area contributed by atoms with Crippen LogP contribution in [-0.2, 0) is 9.59 Å². The smallest absolute Gasteiger partial charge is 0.240 e. The molecule has 0 heterocycles. The number of hydrogen-bond donors (Lipinski definition) is 1. The van der Waals surface area contributed by atoms with Crippen LogP contribution >= 0.6 is 0 Å². The number of methoxy groups -OCH3 is 1. The number of benzene rings is 2. The van der Waals surface area contributed by atoms with Crippen molar-refractivity contribution in [1.29, 1.82) is 0 Å². The Kier molecular flexibility index (Phi) is 7.87. The first-order valence-corrected chi connectivity index (χ1v) is 9.33. The van der Waals surface area contributed by atoms with E-state index in [1.54, 1.807) is 19.2 Å². The SMILES string of the molecule is COc1ccc(OCCNC(=O)CN(C(C)=O)c2ccccc2C(C)C)cc1. The van der Waals surface area contributed by atoms with Crippen LogP contribution in [0.3, 0.4) is 0 Å². The molecule has 150 valence electrons. The molecule has 28 heavy (non-hydrogen) atoms. The fourth-order valence-corrected chi connectivity index (χ4v) is 2.82. The van der Waals surface area contributed by atoms with Crippen molar-refractivity contribution in [3.63, 3.8) is 0 Å². The van der Waals surface area contributed by atoms with Crippen molar-refractivity contribution < 1.29 is 19.1 Å². The highest BCUT2D eigenvalue weighted by Gasteiger charge is 2.19. The van der Waals surface area contributed by atoms with E-state index in [0.717, 1.165) is 17.0 Å². The van der Waals surface area contributed by atoms with Gasteiger partial charge in [0.05, 0.1) is 13.7 Å². The number of anilines is 1. The Morgan fingerprint density at radius 3 is 2.29 bits per heavy atom. The third kappa shape index (κ3) is 6.01. The second-order valence-electron chi connectivity index (χ2n) is 6.69. The molecular weight excluding hydrogens is 356 g/mol. The average molecular weight is 384 g/mol. The number of carbonyl (C=O) groups is 2. The second-order valence-corrected chi connectivity index (χ2v) is 6.69. The summed E-state index contributed by atoms with van der Waals surface area (Å²) in [4.78, 5) is 26.0. The van der Waals surface area contributed by atoms with Gasteiger partial charge in [0, 0.05) is 12.6 Å². The third-order valence-electron chi connectivity index (χ3n) is 4.28. The van der Waals surface area contributed by atoms with Crippen LogP contribution in [0.2, 0.25) is 0 Å². The van der Waals surface area contributed by atoms with Gasteiger partial charge >= 0.3 is 0 Å². The Bertz CT molecular complexity index is 787. The maximum atomic E-state index is 12.3. The number of hydrogen-bond acceptors (Lipinski definition) is 4. The van der Waals surface area contributed by atoms with Crippen molar-refractivity contribution in [2.75, 3.05) is 31.7 Å². The van der Waals surface area contributed by atoms with Crippen LogP contribution in [0.4, 0.5) is 5.69 Å². The first kappa shape index (κ1) is 21.3. The molecule has 0 fully saturated rings. The maximum absolute atomic E-state index is 12.3. The van der Waals surface area contributed by atoms with Crippen LogP contribution in [-0.4, -0.2) is 38.6 Å². The Balaban J connectivity index is 1.88. The van der Waals surface area contributed by atoms with Crippen molar-refractivity contribution in [3.05, 3.63) is 54.1 Å². The molecule has 2 rings (SSSR count). The van der Waals surface area contributed by atoms with Gasteiger partial charge < -0.3 is 19.7 Å². The number of nitrogens with one attached hydrogen (secondary N) is 1. The predicted molar refractivity (Wildman–Crippen MR) is 110 cm³/mol. The van der Waals surface area contributed by atoms with Crippen LogP contribution in [0.1, 0.15) is 32.3 Å². The van der Waals surface area contributed by atoms with Crippen LogP contribution in [0.15, 0.2) is 48.5 Å². The molecular formula is C22H28N2O4. The number of carbonyl (C=O) groups excluding carboxylic acids is 2. The molecule has 2 aromatic rings. The molecule has 0 aliphatic carbocycles. The third-order valence-corrected chi connectivity index (χ3v) is 4.28. The molecule has 0 aliphatic rings.